The maximum absolute atomic E-state index is 8.43. The highest BCUT2D eigenvalue weighted by Crippen LogP contribution is 2.10. The highest BCUT2D eigenvalue weighted by Gasteiger charge is 2.00. The van der Waals surface area contributed by atoms with E-state index in [0.717, 1.165) is 23.1 Å². The third-order valence-electron chi connectivity index (χ3n) is 1.82. The number of rotatable bonds is 4. The average Bonchev–Trinajstić information content (AvgIpc) is 2.15. The van der Waals surface area contributed by atoms with Crippen LogP contribution < -0.4 is 0 Å². The summed E-state index contributed by atoms with van der Waals surface area (Å²) in [6.07, 6.45) is 4.17. The molecule has 0 saturated heterocycles. The lowest BCUT2D eigenvalue weighted by molar-refractivity contribution is 0.334. The molecule has 0 aromatic carbocycles. The first-order valence-corrected chi connectivity index (χ1v) is 5.16. The van der Waals surface area contributed by atoms with Crippen molar-refractivity contribution < 1.29 is 0 Å². The van der Waals surface area contributed by atoms with Gasteiger partial charge in [0.25, 0.3) is 0 Å². The van der Waals surface area contributed by atoms with E-state index in [1.807, 2.05) is 19.3 Å². The minimum Gasteiger partial charge on any atom is -0.301 e. The Balaban J connectivity index is 2.48. The van der Waals surface area contributed by atoms with Gasteiger partial charge in [-0.1, -0.05) is 0 Å². The summed E-state index contributed by atoms with van der Waals surface area (Å²) in [5.41, 5.74) is 1.15. The third-order valence-corrected chi connectivity index (χ3v) is 2.25. The van der Waals surface area contributed by atoms with Crippen LogP contribution in [0.4, 0.5) is 0 Å². The van der Waals surface area contributed by atoms with Crippen molar-refractivity contribution in [3.63, 3.8) is 0 Å². The largest absolute Gasteiger partial charge is 0.301 e. The predicted molar refractivity (Wildman–Crippen MR) is 58.5 cm³/mol. The summed E-state index contributed by atoms with van der Waals surface area (Å²) in [5.74, 6) is 0. The molecule has 74 valence electrons. The number of nitrogens with zero attached hydrogens (tertiary/aromatic N) is 3. The molecular formula is C10H12BrN3. The van der Waals surface area contributed by atoms with Crippen LogP contribution in [0.5, 0.6) is 0 Å². The number of nitriles is 1. The monoisotopic (exact) mass is 253 g/mol. The lowest BCUT2D eigenvalue weighted by atomic mass is 10.2. The maximum atomic E-state index is 8.43. The van der Waals surface area contributed by atoms with E-state index in [9.17, 15) is 0 Å². The molecule has 3 nitrogen and oxygen atoms in total. The lowest BCUT2D eigenvalue weighted by Crippen LogP contribution is -2.18. The standard InChI is InChI=1S/C10H12BrN3/c1-14(4-2-3-12)8-9-5-10(11)7-13-6-9/h5-7H,2,4,8H2,1H3. The minimum atomic E-state index is 0.567. The average molecular weight is 254 g/mol. The molecule has 1 aromatic rings. The van der Waals surface area contributed by atoms with E-state index in [4.69, 9.17) is 5.26 Å². The van der Waals surface area contributed by atoms with E-state index in [1.54, 1.807) is 6.20 Å². The summed E-state index contributed by atoms with van der Waals surface area (Å²) < 4.78 is 0.990. The fourth-order valence-electron chi connectivity index (χ4n) is 1.17. The Morgan fingerprint density at radius 2 is 2.36 bits per heavy atom. The molecule has 14 heavy (non-hydrogen) atoms. The fourth-order valence-corrected chi connectivity index (χ4v) is 1.59. The third kappa shape index (κ3) is 3.86. The molecule has 0 bridgehead atoms. The van der Waals surface area contributed by atoms with E-state index in [1.165, 1.54) is 0 Å². The maximum Gasteiger partial charge on any atom is 0.0635 e. The highest BCUT2D eigenvalue weighted by atomic mass is 79.9. The van der Waals surface area contributed by atoms with Crippen molar-refractivity contribution in [1.29, 1.82) is 5.26 Å². The lowest BCUT2D eigenvalue weighted by Gasteiger charge is -2.14. The van der Waals surface area contributed by atoms with Crippen molar-refractivity contribution in [2.24, 2.45) is 0 Å². The molecule has 4 heteroatoms. The van der Waals surface area contributed by atoms with E-state index >= 15 is 0 Å². The van der Waals surface area contributed by atoms with E-state index < -0.39 is 0 Å². The zero-order valence-electron chi connectivity index (χ0n) is 8.07. The Kier molecular flexibility index (Phi) is 4.57. The summed E-state index contributed by atoms with van der Waals surface area (Å²) in [6.45, 7) is 1.62. The van der Waals surface area contributed by atoms with Gasteiger partial charge in [0.1, 0.15) is 0 Å². The molecule has 0 amide bonds. The second-order valence-corrected chi connectivity index (χ2v) is 4.07. The second kappa shape index (κ2) is 5.74. The molecule has 0 aliphatic rings. The fraction of sp³-hybridized carbons (Fsp3) is 0.400. The summed E-state index contributed by atoms with van der Waals surface area (Å²) >= 11 is 3.37. The smallest absolute Gasteiger partial charge is 0.0635 e. The number of aromatic nitrogens is 1. The number of hydrogen-bond donors (Lipinski definition) is 0. The Labute approximate surface area is 92.5 Å². The summed E-state index contributed by atoms with van der Waals surface area (Å²) in [4.78, 5) is 6.18. The molecule has 1 aromatic heterocycles. The normalized spacial score (nSPS) is 10.1. The van der Waals surface area contributed by atoms with Crippen molar-refractivity contribution in [2.75, 3.05) is 13.6 Å². The molecule has 0 spiro atoms. The van der Waals surface area contributed by atoms with Gasteiger partial charge in [-0.15, -0.1) is 0 Å². The van der Waals surface area contributed by atoms with Gasteiger partial charge in [-0.3, -0.25) is 4.98 Å². The first-order valence-electron chi connectivity index (χ1n) is 4.37. The van der Waals surface area contributed by atoms with Gasteiger partial charge in [0.05, 0.1) is 6.07 Å². The number of halogens is 1. The van der Waals surface area contributed by atoms with Crippen LogP contribution in [0.1, 0.15) is 12.0 Å². The molecule has 1 heterocycles. The number of pyridine rings is 1. The summed E-state index contributed by atoms with van der Waals surface area (Å²) in [7, 11) is 2.00. The molecule has 0 fully saturated rings. The van der Waals surface area contributed by atoms with Gasteiger partial charge in [0.2, 0.25) is 0 Å². The molecule has 1 rings (SSSR count). The van der Waals surface area contributed by atoms with Crippen LogP contribution in [0.2, 0.25) is 0 Å². The van der Waals surface area contributed by atoms with Crippen LogP contribution in [0, 0.1) is 11.3 Å². The van der Waals surface area contributed by atoms with Crippen molar-refractivity contribution in [3.05, 3.63) is 28.5 Å². The zero-order chi connectivity index (χ0) is 10.4. The van der Waals surface area contributed by atoms with E-state index in [-0.39, 0.29) is 0 Å². The van der Waals surface area contributed by atoms with Crippen LogP contribution >= 0.6 is 15.9 Å². The first-order chi connectivity index (χ1) is 6.72. The highest BCUT2D eigenvalue weighted by molar-refractivity contribution is 9.10. The van der Waals surface area contributed by atoms with Crippen molar-refractivity contribution >= 4 is 15.9 Å². The Bertz CT molecular complexity index is 332. The second-order valence-electron chi connectivity index (χ2n) is 3.16. The Hall–Kier alpha value is -0.920. The van der Waals surface area contributed by atoms with Crippen molar-refractivity contribution in [3.8, 4) is 6.07 Å². The topological polar surface area (TPSA) is 39.9 Å². The summed E-state index contributed by atoms with van der Waals surface area (Å²) in [6, 6.07) is 4.17. The summed E-state index contributed by atoms with van der Waals surface area (Å²) in [5, 5.41) is 8.43. The predicted octanol–water partition coefficient (Wildman–Crippen LogP) is 2.19. The molecule has 0 N–H and O–H groups in total. The van der Waals surface area contributed by atoms with Gasteiger partial charge in [-0.25, -0.2) is 0 Å². The van der Waals surface area contributed by atoms with E-state index in [2.05, 4.69) is 31.9 Å². The van der Waals surface area contributed by atoms with Gasteiger partial charge < -0.3 is 4.90 Å². The molecule has 0 aliphatic carbocycles. The van der Waals surface area contributed by atoms with Gasteiger partial charge in [-0.05, 0) is 34.6 Å². The van der Waals surface area contributed by atoms with Gasteiger partial charge in [0.15, 0.2) is 0 Å². The molecule has 0 radical (unpaired) electrons. The van der Waals surface area contributed by atoms with Crippen LogP contribution in [0.3, 0.4) is 0 Å². The van der Waals surface area contributed by atoms with Gasteiger partial charge >= 0.3 is 0 Å². The van der Waals surface area contributed by atoms with Crippen LogP contribution in [-0.2, 0) is 6.54 Å². The van der Waals surface area contributed by atoms with Gasteiger partial charge in [0, 0.05) is 36.4 Å². The molecule has 0 saturated carbocycles. The molecule has 0 aliphatic heterocycles. The molecule has 0 atom stereocenters. The van der Waals surface area contributed by atoms with Gasteiger partial charge in [-0.2, -0.15) is 5.26 Å². The number of hydrogen-bond acceptors (Lipinski definition) is 3. The van der Waals surface area contributed by atoms with E-state index in [0.29, 0.717) is 6.42 Å². The zero-order valence-corrected chi connectivity index (χ0v) is 9.66. The SMILES string of the molecule is CN(CCC#N)Cc1cncc(Br)c1. The first kappa shape index (κ1) is 11.2. The molecule has 0 unspecified atom stereocenters. The Morgan fingerprint density at radius 3 is 3.00 bits per heavy atom. The van der Waals surface area contributed by atoms with Crippen molar-refractivity contribution in [1.82, 2.24) is 9.88 Å². The van der Waals surface area contributed by atoms with Crippen LogP contribution in [0.15, 0.2) is 22.9 Å². The quantitative estimate of drug-likeness (QED) is 0.826. The van der Waals surface area contributed by atoms with Crippen LogP contribution in [-0.4, -0.2) is 23.5 Å². The van der Waals surface area contributed by atoms with Crippen molar-refractivity contribution in [2.45, 2.75) is 13.0 Å². The van der Waals surface area contributed by atoms with Crippen LogP contribution in [0.25, 0.3) is 0 Å². The molecular weight excluding hydrogens is 242 g/mol. The Morgan fingerprint density at radius 1 is 1.57 bits per heavy atom. The minimum absolute atomic E-state index is 0.567.